The van der Waals surface area contributed by atoms with Gasteiger partial charge < -0.3 is 5.32 Å². The number of thioether (sulfide) groups is 1. The van der Waals surface area contributed by atoms with Gasteiger partial charge in [0.15, 0.2) is 5.16 Å². The number of carbonyl (C=O) groups excluding carboxylic acids is 1. The van der Waals surface area contributed by atoms with E-state index in [1.807, 2.05) is 53.1 Å². The Morgan fingerprint density at radius 3 is 2.38 bits per heavy atom. The van der Waals surface area contributed by atoms with E-state index in [-0.39, 0.29) is 11.7 Å². The summed E-state index contributed by atoms with van der Waals surface area (Å²) in [4.78, 5) is 12.5. The van der Waals surface area contributed by atoms with Crippen LogP contribution in [0, 0.1) is 0 Å². The topological polar surface area (TPSA) is 59.8 Å². The van der Waals surface area contributed by atoms with E-state index >= 15 is 0 Å². The standard InChI is InChI=1S/C24H20Cl2N4OS/c25-19-12-11-18(21(26)14-19)15-27-23(31)16-32-24-29-28-22(13-17-7-3-1-4-8-17)30(24)20-9-5-2-6-10-20/h1-12,14H,13,15-16H2,(H,27,31). The van der Waals surface area contributed by atoms with Crippen molar-refractivity contribution in [1.29, 1.82) is 0 Å². The zero-order chi connectivity index (χ0) is 22.3. The third-order valence-corrected chi connectivity index (χ3v) is 6.26. The average Bonchev–Trinajstić information content (AvgIpc) is 3.20. The molecule has 0 aliphatic rings. The lowest BCUT2D eigenvalue weighted by molar-refractivity contribution is -0.118. The molecule has 4 rings (SSSR count). The van der Waals surface area contributed by atoms with E-state index in [2.05, 4.69) is 27.6 Å². The summed E-state index contributed by atoms with van der Waals surface area (Å²) in [5, 5.41) is 13.4. The van der Waals surface area contributed by atoms with E-state index in [0.717, 1.165) is 22.6 Å². The van der Waals surface area contributed by atoms with Crippen molar-refractivity contribution in [2.24, 2.45) is 0 Å². The fourth-order valence-electron chi connectivity index (χ4n) is 3.16. The smallest absolute Gasteiger partial charge is 0.230 e. The molecule has 0 atom stereocenters. The molecule has 1 heterocycles. The molecule has 5 nitrogen and oxygen atoms in total. The quantitative estimate of drug-likeness (QED) is 0.333. The highest BCUT2D eigenvalue weighted by atomic mass is 35.5. The Morgan fingerprint density at radius 1 is 0.938 bits per heavy atom. The van der Waals surface area contributed by atoms with Gasteiger partial charge in [0.25, 0.3) is 0 Å². The second-order valence-corrected chi connectivity index (χ2v) is 8.82. The van der Waals surface area contributed by atoms with Gasteiger partial charge >= 0.3 is 0 Å². The first-order chi connectivity index (χ1) is 15.6. The van der Waals surface area contributed by atoms with E-state index in [0.29, 0.717) is 28.2 Å². The normalized spacial score (nSPS) is 10.8. The lowest BCUT2D eigenvalue weighted by Gasteiger charge is -2.11. The summed E-state index contributed by atoms with van der Waals surface area (Å²) in [6.45, 7) is 0.333. The molecule has 0 fully saturated rings. The molecule has 1 N–H and O–H groups in total. The van der Waals surface area contributed by atoms with Crippen LogP contribution in [0.3, 0.4) is 0 Å². The van der Waals surface area contributed by atoms with Crippen molar-refractivity contribution in [1.82, 2.24) is 20.1 Å². The summed E-state index contributed by atoms with van der Waals surface area (Å²) in [5.74, 6) is 0.910. The fourth-order valence-corrected chi connectivity index (χ4v) is 4.44. The minimum absolute atomic E-state index is 0.117. The van der Waals surface area contributed by atoms with Gasteiger partial charge in [-0.1, -0.05) is 89.6 Å². The molecule has 32 heavy (non-hydrogen) atoms. The molecule has 0 aliphatic heterocycles. The Labute approximate surface area is 200 Å². The Balaban J connectivity index is 1.46. The number of halogens is 2. The Hall–Kier alpha value is -2.80. The van der Waals surface area contributed by atoms with Gasteiger partial charge in [-0.2, -0.15) is 0 Å². The van der Waals surface area contributed by atoms with Gasteiger partial charge in [-0.05, 0) is 35.4 Å². The lowest BCUT2D eigenvalue weighted by Crippen LogP contribution is -2.24. The van der Waals surface area contributed by atoms with Crippen molar-refractivity contribution in [2.75, 3.05) is 5.75 Å². The molecule has 8 heteroatoms. The predicted octanol–water partition coefficient (Wildman–Crippen LogP) is 5.57. The fraction of sp³-hybridized carbons (Fsp3) is 0.125. The van der Waals surface area contributed by atoms with Crippen molar-refractivity contribution in [2.45, 2.75) is 18.1 Å². The Bertz CT molecular complexity index is 1200. The first-order valence-corrected chi connectivity index (χ1v) is 11.7. The summed E-state index contributed by atoms with van der Waals surface area (Å²) in [5.41, 5.74) is 2.91. The van der Waals surface area contributed by atoms with Crippen molar-refractivity contribution in [3.8, 4) is 5.69 Å². The van der Waals surface area contributed by atoms with Crippen molar-refractivity contribution in [3.63, 3.8) is 0 Å². The van der Waals surface area contributed by atoms with Crippen molar-refractivity contribution < 1.29 is 4.79 Å². The highest BCUT2D eigenvalue weighted by Gasteiger charge is 2.16. The lowest BCUT2D eigenvalue weighted by atomic mass is 10.1. The number of rotatable bonds is 8. The van der Waals surface area contributed by atoms with Gasteiger partial charge in [-0.3, -0.25) is 9.36 Å². The SMILES string of the molecule is O=C(CSc1nnc(Cc2ccccc2)n1-c1ccccc1)NCc1ccc(Cl)cc1Cl. The highest BCUT2D eigenvalue weighted by molar-refractivity contribution is 7.99. The van der Waals surface area contributed by atoms with Crippen molar-refractivity contribution >= 4 is 40.9 Å². The van der Waals surface area contributed by atoms with E-state index in [1.54, 1.807) is 18.2 Å². The van der Waals surface area contributed by atoms with Crippen LogP contribution in [0.15, 0.2) is 84.0 Å². The monoisotopic (exact) mass is 482 g/mol. The third kappa shape index (κ3) is 5.71. The maximum atomic E-state index is 12.5. The van der Waals surface area contributed by atoms with Gasteiger partial charge in [0.05, 0.1) is 5.75 Å². The summed E-state index contributed by atoms with van der Waals surface area (Å²) in [6, 6.07) is 25.3. The summed E-state index contributed by atoms with van der Waals surface area (Å²) in [7, 11) is 0. The van der Waals surface area contributed by atoms with Crippen LogP contribution in [0.5, 0.6) is 0 Å². The van der Waals surface area contributed by atoms with Gasteiger partial charge in [0, 0.05) is 28.7 Å². The molecule has 0 spiro atoms. The number of para-hydroxylation sites is 1. The molecular weight excluding hydrogens is 463 g/mol. The molecule has 0 bridgehead atoms. The number of hydrogen-bond acceptors (Lipinski definition) is 4. The molecule has 0 radical (unpaired) electrons. The van der Waals surface area contributed by atoms with Gasteiger partial charge in [0.2, 0.25) is 5.91 Å². The van der Waals surface area contributed by atoms with E-state index in [1.165, 1.54) is 11.8 Å². The maximum Gasteiger partial charge on any atom is 0.230 e. The largest absolute Gasteiger partial charge is 0.351 e. The van der Waals surface area contributed by atoms with Crippen molar-refractivity contribution in [3.05, 3.63) is 106 Å². The molecule has 0 aliphatic carbocycles. The number of nitrogens with zero attached hydrogens (tertiary/aromatic N) is 3. The number of carbonyl (C=O) groups is 1. The van der Waals surface area contributed by atoms with Crippen LogP contribution in [-0.4, -0.2) is 26.4 Å². The van der Waals surface area contributed by atoms with Crippen LogP contribution < -0.4 is 5.32 Å². The molecule has 0 unspecified atom stereocenters. The molecule has 162 valence electrons. The van der Waals surface area contributed by atoms with Crippen LogP contribution >= 0.6 is 35.0 Å². The molecule has 0 saturated carbocycles. The molecule has 0 saturated heterocycles. The van der Waals surface area contributed by atoms with Gasteiger partial charge in [-0.25, -0.2) is 0 Å². The second kappa shape index (κ2) is 10.7. The van der Waals surface area contributed by atoms with Crippen LogP contribution in [0.1, 0.15) is 17.0 Å². The minimum Gasteiger partial charge on any atom is -0.351 e. The molecule has 1 aromatic heterocycles. The van der Waals surface area contributed by atoms with Gasteiger partial charge in [-0.15, -0.1) is 10.2 Å². The molecule has 4 aromatic rings. The zero-order valence-electron chi connectivity index (χ0n) is 17.0. The summed E-state index contributed by atoms with van der Waals surface area (Å²) >= 11 is 13.5. The predicted molar refractivity (Wildman–Crippen MR) is 130 cm³/mol. The van der Waals surface area contributed by atoms with E-state index in [9.17, 15) is 4.79 Å². The number of benzene rings is 3. The summed E-state index contributed by atoms with van der Waals surface area (Å²) in [6.07, 6.45) is 0.643. The van der Waals surface area contributed by atoms with E-state index in [4.69, 9.17) is 23.2 Å². The van der Waals surface area contributed by atoms with Gasteiger partial charge in [0.1, 0.15) is 5.82 Å². The molecular formula is C24H20Cl2N4OS. The Morgan fingerprint density at radius 2 is 1.66 bits per heavy atom. The minimum atomic E-state index is -0.117. The number of amides is 1. The van der Waals surface area contributed by atoms with E-state index < -0.39 is 0 Å². The number of nitrogens with one attached hydrogen (secondary N) is 1. The molecule has 3 aromatic carbocycles. The van der Waals surface area contributed by atoms with Crippen LogP contribution in [0.4, 0.5) is 0 Å². The van der Waals surface area contributed by atoms with Crippen LogP contribution in [-0.2, 0) is 17.8 Å². The first-order valence-electron chi connectivity index (χ1n) is 9.97. The van der Waals surface area contributed by atoms with Crippen LogP contribution in [0.2, 0.25) is 10.0 Å². The average molecular weight is 483 g/mol. The third-order valence-electron chi connectivity index (χ3n) is 4.74. The highest BCUT2D eigenvalue weighted by Crippen LogP contribution is 2.24. The van der Waals surface area contributed by atoms with Crippen LogP contribution in [0.25, 0.3) is 5.69 Å². The Kier molecular flexibility index (Phi) is 7.47. The second-order valence-electron chi connectivity index (χ2n) is 7.03. The maximum absolute atomic E-state index is 12.5. The number of hydrogen-bond donors (Lipinski definition) is 1. The molecule has 1 amide bonds. The number of aromatic nitrogens is 3. The summed E-state index contributed by atoms with van der Waals surface area (Å²) < 4.78 is 2.00. The zero-order valence-corrected chi connectivity index (χ0v) is 19.4. The first kappa shape index (κ1) is 22.4.